The zero-order valence-corrected chi connectivity index (χ0v) is 12.1. The highest BCUT2D eigenvalue weighted by Gasteiger charge is 2.14. The van der Waals surface area contributed by atoms with Crippen LogP contribution in [0.25, 0.3) is 0 Å². The highest BCUT2D eigenvalue weighted by molar-refractivity contribution is 14.1. The summed E-state index contributed by atoms with van der Waals surface area (Å²) in [5.74, 6) is -0.650. The van der Waals surface area contributed by atoms with Gasteiger partial charge in [0, 0.05) is 23.7 Å². The first-order valence-corrected chi connectivity index (χ1v) is 6.53. The maximum Gasteiger partial charge on any atom is 0.319 e. The van der Waals surface area contributed by atoms with E-state index in [0.717, 1.165) is 0 Å². The molecule has 0 aliphatic heterocycles. The van der Waals surface area contributed by atoms with Crippen LogP contribution >= 0.6 is 34.2 Å². The summed E-state index contributed by atoms with van der Waals surface area (Å²) in [7, 11) is 1.34. The Labute approximate surface area is 118 Å². The number of ether oxygens (including phenoxy) is 1. The van der Waals surface area contributed by atoms with Gasteiger partial charge in [-0.05, 0) is 12.1 Å². The minimum atomic E-state index is -0.354. The number of alkyl halides is 1. The van der Waals surface area contributed by atoms with Gasteiger partial charge in [-0.25, -0.2) is 4.39 Å². The summed E-state index contributed by atoms with van der Waals surface area (Å²) >= 11 is 7.61. The minimum absolute atomic E-state index is 0.284. The van der Waals surface area contributed by atoms with E-state index in [2.05, 4.69) is 10.1 Å². The van der Waals surface area contributed by atoms with Crippen molar-refractivity contribution in [2.24, 2.45) is 0 Å². The van der Waals surface area contributed by atoms with Gasteiger partial charge >= 0.3 is 5.97 Å². The highest BCUT2D eigenvalue weighted by Crippen LogP contribution is 2.14. The summed E-state index contributed by atoms with van der Waals surface area (Å²) in [5, 5.41) is 3.35. The Kier molecular flexibility index (Phi) is 6.15. The van der Waals surface area contributed by atoms with Gasteiger partial charge in [0.2, 0.25) is 0 Å². The van der Waals surface area contributed by atoms with Crippen molar-refractivity contribution in [3.05, 3.63) is 34.6 Å². The van der Waals surface area contributed by atoms with Gasteiger partial charge in [0.25, 0.3) is 0 Å². The van der Waals surface area contributed by atoms with Crippen LogP contribution in [0.4, 0.5) is 4.39 Å². The lowest BCUT2D eigenvalue weighted by Crippen LogP contribution is -2.29. The molecule has 1 unspecified atom stereocenters. The van der Waals surface area contributed by atoms with Crippen molar-refractivity contribution in [3.63, 3.8) is 0 Å². The molecule has 6 heteroatoms. The summed E-state index contributed by atoms with van der Waals surface area (Å²) in [6, 6.07) is 4.51. The van der Waals surface area contributed by atoms with Crippen LogP contribution in [0, 0.1) is 5.82 Å². The molecular weight excluding hydrogens is 359 g/mol. The van der Waals surface area contributed by atoms with Crippen molar-refractivity contribution in [1.82, 2.24) is 5.32 Å². The number of benzene rings is 1. The number of carbonyl (C=O) groups is 1. The SMILES string of the molecule is COC(=O)C(I)CNCc1ccc(Cl)cc1F. The van der Waals surface area contributed by atoms with Crippen LogP contribution in [-0.2, 0) is 16.1 Å². The van der Waals surface area contributed by atoms with E-state index in [0.29, 0.717) is 23.7 Å². The third kappa shape index (κ3) is 4.77. The van der Waals surface area contributed by atoms with E-state index in [1.807, 2.05) is 22.6 Å². The number of hydrogen-bond acceptors (Lipinski definition) is 3. The van der Waals surface area contributed by atoms with E-state index < -0.39 is 0 Å². The second-order valence-corrected chi connectivity index (χ2v) is 5.30. The van der Waals surface area contributed by atoms with E-state index in [1.54, 1.807) is 12.1 Å². The minimum Gasteiger partial charge on any atom is -0.468 e. The monoisotopic (exact) mass is 371 g/mol. The molecule has 3 nitrogen and oxygen atoms in total. The molecule has 0 spiro atoms. The second-order valence-electron chi connectivity index (χ2n) is 3.36. The normalized spacial score (nSPS) is 12.2. The summed E-state index contributed by atoms with van der Waals surface area (Å²) in [5.41, 5.74) is 0.517. The molecule has 0 aliphatic rings. The van der Waals surface area contributed by atoms with Gasteiger partial charge in [-0.1, -0.05) is 40.3 Å². The number of halogens is 3. The number of carbonyl (C=O) groups excluding carboxylic acids is 1. The van der Waals surface area contributed by atoms with Crippen molar-refractivity contribution in [1.29, 1.82) is 0 Å². The number of nitrogens with one attached hydrogen (secondary N) is 1. The van der Waals surface area contributed by atoms with Crippen LogP contribution in [0.5, 0.6) is 0 Å². The fourth-order valence-corrected chi connectivity index (χ4v) is 1.93. The van der Waals surface area contributed by atoms with Crippen LogP contribution in [0.1, 0.15) is 5.56 Å². The van der Waals surface area contributed by atoms with Gasteiger partial charge in [-0.15, -0.1) is 0 Å². The number of hydrogen-bond donors (Lipinski definition) is 1. The largest absolute Gasteiger partial charge is 0.468 e. The number of esters is 1. The third-order valence-corrected chi connectivity index (χ3v) is 3.30. The summed E-state index contributed by atoms with van der Waals surface area (Å²) in [6.07, 6.45) is 0. The Morgan fingerprint density at radius 1 is 1.65 bits per heavy atom. The van der Waals surface area contributed by atoms with Gasteiger partial charge in [-0.3, -0.25) is 4.79 Å². The van der Waals surface area contributed by atoms with Crippen LogP contribution < -0.4 is 5.32 Å². The molecule has 0 aliphatic carbocycles. The van der Waals surface area contributed by atoms with Crippen LogP contribution in [-0.4, -0.2) is 23.5 Å². The summed E-state index contributed by atoms with van der Waals surface area (Å²) in [6.45, 7) is 0.773. The molecule has 0 saturated heterocycles. The van der Waals surface area contributed by atoms with Crippen molar-refractivity contribution < 1.29 is 13.9 Å². The third-order valence-electron chi connectivity index (χ3n) is 2.11. The van der Waals surface area contributed by atoms with E-state index >= 15 is 0 Å². The molecule has 0 bridgehead atoms. The average molecular weight is 372 g/mol. The number of methoxy groups -OCH3 is 1. The molecule has 0 fully saturated rings. The van der Waals surface area contributed by atoms with E-state index in [1.165, 1.54) is 13.2 Å². The summed E-state index contributed by atoms with van der Waals surface area (Å²) in [4.78, 5) is 11.1. The molecule has 0 amide bonds. The van der Waals surface area contributed by atoms with E-state index in [4.69, 9.17) is 11.6 Å². The predicted octanol–water partition coefficient (Wildman–Crippen LogP) is 2.55. The number of rotatable bonds is 5. The Bertz CT molecular complexity index is 403. The molecule has 0 saturated carbocycles. The molecule has 1 N–H and O–H groups in total. The van der Waals surface area contributed by atoms with E-state index in [9.17, 15) is 9.18 Å². The lowest BCUT2D eigenvalue weighted by atomic mass is 10.2. The predicted molar refractivity (Wildman–Crippen MR) is 72.9 cm³/mol. The Morgan fingerprint density at radius 3 is 2.94 bits per heavy atom. The standard InChI is InChI=1S/C11H12ClFINO2/c1-17-11(16)10(14)6-15-5-7-2-3-8(12)4-9(7)13/h2-4,10,15H,5-6H2,1H3. The van der Waals surface area contributed by atoms with Gasteiger partial charge < -0.3 is 10.1 Å². The van der Waals surface area contributed by atoms with Gasteiger partial charge in [0.15, 0.2) is 0 Å². The smallest absolute Gasteiger partial charge is 0.319 e. The fourth-order valence-electron chi connectivity index (χ4n) is 1.21. The molecule has 1 aromatic carbocycles. The van der Waals surface area contributed by atoms with Crippen molar-refractivity contribution in [2.75, 3.05) is 13.7 Å². The molecule has 17 heavy (non-hydrogen) atoms. The highest BCUT2D eigenvalue weighted by atomic mass is 127. The Hall–Kier alpha value is -0.400. The molecule has 1 aromatic rings. The van der Waals surface area contributed by atoms with Crippen molar-refractivity contribution >= 4 is 40.2 Å². The average Bonchev–Trinajstić information content (AvgIpc) is 2.30. The Morgan fingerprint density at radius 2 is 2.35 bits per heavy atom. The molecule has 0 radical (unpaired) electrons. The van der Waals surface area contributed by atoms with Crippen LogP contribution in [0.3, 0.4) is 0 Å². The van der Waals surface area contributed by atoms with Crippen molar-refractivity contribution in [2.45, 2.75) is 10.5 Å². The zero-order valence-electron chi connectivity index (χ0n) is 9.17. The zero-order chi connectivity index (χ0) is 12.8. The van der Waals surface area contributed by atoms with Gasteiger partial charge in [0.1, 0.15) is 9.74 Å². The van der Waals surface area contributed by atoms with Gasteiger partial charge in [-0.2, -0.15) is 0 Å². The lowest BCUT2D eigenvalue weighted by molar-refractivity contribution is -0.139. The lowest BCUT2D eigenvalue weighted by Gasteiger charge is -2.09. The quantitative estimate of drug-likeness (QED) is 0.491. The molecular formula is C11H12ClFINO2. The van der Waals surface area contributed by atoms with E-state index in [-0.39, 0.29) is 15.7 Å². The topological polar surface area (TPSA) is 38.3 Å². The first-order valence-electron chi connectivity index (χ1n) is 4.91. The second kappa shape index (κ2) is 7.13. The molecule has 1 rings (SSSR count). The molecule has 0 aromatic heterocycles. The maximum absolute atomic E-state index is 13.4. The van der Waals surface area contributed by atoms with Crippen LogP contribution in [0.2, 0.25) is 5.02 Å². The molecule has 1 atom stereocenters. The first-order chi connectivity index (χ1) is 8.04. The van der Waals surface area contributed by atoms with Crippen LogP contribution in [0.15, 0.2) is 18.2 Å². The fraction of sp³-hybridized carbons (Fsp3) is 0.364. The molecule has 0 heterocycles. The van der Waals surface area contributed by atoms with Crippen molar-refractivity contribution in [3.8, 4) is 0 Å². The Balaban J connectivity index is 2.43. The summed E-state index contributed by atoms with van der Waals surface area (Å²) < 4.78 is 17.7. The van der Waals surface area contributed by atoms with Gasteiger partial charge in [0.05, 0.1) is 7.11 Å². The molecule has 94 valence electrons. The maximum atomic E-state index is 13.4. The first kappa shape index (κ1) is 14.7.